The Bertz CT molecular complexity index is 396. The lowest BCUT2D eigenvalue weighted by molar-refractivity contribution is -0.190. The van der Waals surface area contributed by atoms with Crippen LogP contribution in [0.2, 0.25) is 0 Å². The van der Waals surface area contributed by atoms with Crippen molar-refractivity contribution in [2.45, 2.75) is 43.7 Å². The molecule has 3 heterocycles. The van der Waals surface area contributed by atoms with Gasteiger partial charge in [-0.05, 0) is 12.8 Å². The molecule has 0 aromatic rings. The summed E-state index contributed by atoms with van der Waals surface area (Å²) in [4.78, 5) is 24.9. The molecule has 112 valence electrons. The number of piperidine rings is 1. The Labute approximate surface area is 116 Å². The topological polar surface area (TPSA) is 85.3 Å². The van der Waals surface area contributed by atoms with Crippen LogP contribution in [0.5, 0.6) is 0 Å². The maximum absolute atomic E-state index is 12.3. The van der Waals surface area contributed by atoms with E-state index in [1.165, 1.54) is 0 Å². The molecule has 20 heavy (non-hydrogen) atoms. The highest BCUT2D eigenvalue weighted by atomic mass is 16.7. The van der Waals surface area contributed by atoms with Crippen molar-refractivity contribution in [3.05, 3.63) is 0 Å². The zero-order valence-corrected chi connectivity index (χ0v) is 11.2. The molecule has 7 nitrogen and oxygen atoms in total. The summed E-state index contributed by atoms with van der Waals surface area (Å²) in [5.74, 6) is -1.61. The predicted octanol–water partition coefficient (Wildman–Crippen LogP) is -0.0159. The molecule has 0 aromatic carbocycles. The standard InChI is InChI=1S/C13H19NO6/c15-11(9-1-2-10(20-9)12(16)17)14-5-3-13(4-6-14)18-7-8-19-13/h9-10H,1-8H2,(H,16,17)/t9-,10+/m0/s1. The van der Waals surface area contributed by atoms with Gasteiger partial charge >= 0.3 is 5.97 Å². The number of carbonyl (C=O) groups excluding carboxylic acids is 1. The van der Waals surface area contributed by atoms with Crippen molar-refractivity contribution >= 4 is 11.9 Å². The summed E-state index contributed by atoms with van der Waals surface area (Å²) in [5.41, 5.74) is 0. The summed E-state index contributed by atoms with van der Waals surface area (Å²) >= 11 is 0. The fourth-order valence-electron chi connectivity index (χ4n) is 3.06. The minimum atomic E-state index is -0.995. The maximum atomic E-state index is 12.3. The minimum Gasteiger partial charge on any atom is -0.479 e. The van der Waals surface area contributed by atoms with Crippen LogP contribution in [0.4, 0.5) is 0 Å². The number of carboxylic acid groups (broad SMARTS) is 1. The summed E-state index contributed by atoms with van der Waals surface area (Å²) in [6.07, 6.45) is 0.735. The Morgan fingerprint density at radius 2 is 1.65 bits per heavy atom. The molecule has 3 aliphatic heterocycles. The molecule has 2 atom stereocenters. The van der Waals surface area contributed by atoms with Crippen LogP contribution < -0.4 is 0 Å². The van der Waals surface area contributed by atoms with E-state index >= 15 is 0 Å². The van der Waals surface area contributed by atoms with Gasteiger partial charge in [0, 0.05) is 25.9 Å². The molecule has 3 rings (SSSR count). The number of amides is 1. The van der Waals surface area contributed by atoms with Crippen LogP contribution in [0, 0.1) is 0 Å². The summed E-state index contributed by atoms with van der Waals surface area (Å²) in [7, 11) is 0. The Balaban J connectivity index is 1.53. The molecular formula is C13H19NO6. The van der Waals surface area contributed by atoms with E-state index in [0.717, 1.165) is 0 Å². The summed E-state index contributed by atoms with van der Waals surface area (Å²) in [5, 5.41) is 8.88. The number of nitrogens with zero attached hydrogens (tertiary/aromatic N) is 1. The smallest absolute Gasteiger partial charge is 0.332 e. The summed E-state index contributed by atoms with van der Waals surface area (Å²) in [6, 6.07) is 0. The lowest BCUT2D eigenvalue weighted by Gasteiger charge is -2.38. The zero-order valence-electron chi connectivity index (χ0n) is 11.2. The third-order valence-corrected chi connectivity index (χ3v) is 4.22. The van der Waals surface area contributed by atoms with E-state index in [1.807, 2.05) is 0 Å². The minimum absolute atomic E-state index is 0.110. The van der Waals surface area contributed by atoms with Crippen LogP contribution in [0.1, 0.15) is 25.7 Å². The molecular weight excluding hydrogens is 266 g/mol. The first-order valence-electron chi connectivity index (χ1n) is 7.05. The van der Waals surface area contributed by atoms with E-state index in [4.69, 9.17) is 19.3 Å². The van der Waals surface area contributed by atoms with E-state index in [1.54, 1.807) is 4.90 Å². The second-order valence-electron chi connectivity index (χ2n) is 5.46. The Kier molecular flexibility index (Phi) is 3.66. The molecule has 0 radical (unpaired) electrons. The van der Waals surface area contributed by atoms with Crippen molar-refractivity contribution in [2.24, 2.45) is 0 Å². The number of aliphatic carboxylic acids is 1. The molecule has 1 spiro atoms. The summed E-state index contributed by atoms with van der Waals surface area (Å²) in [6.45, 7) is 2.35. The monoisotopic (exact) mass is 285 g/mol. The van der Waals surface area contributed by atoms with Crippen molar-refractivity contribution in [3.63, 3.8) is 0 Å². The first-order chi connectivity index (χ1) is 9.60. The fourth-order valence-corrected chi connectivity index (χ4v) is 3.06. The maximum Gasteiger partial charge on any atom is 0.332 e. The second-order valence-corrected chi connectivity index (χ2v) is 5.46. The van der Waals surface area contributed by atoms with E-state index in [9.17, 15) is 9.59 Å². The molecule has 0 aliphatic carbocycles. The van der Waals surface area contributed by atoms with Gasteiger partial charge in [-0.3, -0.25) is 4.79 Å². The first kappa shape index (κ1) is 13.8. The van der Waals surface area contributed by atoms with Crippen LogP contribution in [0.3, 0.4) is 0 Å². The summed E-state index contributed by atoms with van der Waals surface area (Å²) < 4.78 is 16.5. The quantitative estimate of drug-likeness (QED) is 0.767. The molecule has 3 fully saturated rings. The Hall–Kier alpha value is -1.18. The second kappa shape index (κ2) is 5.31. The van der Waals surface area contributed by atoms with Gasteiger partial charge in [0.25, 0.3) is 5.91 Å². The number of ether oxygens (including phenoxy) is 3. The molecule has 3 saturated heterocycles. The first-order valence-corrected chi connectivity index (χ1v) is 7.05. The highest BCUT2D eigenvalue weighted by molar-refractivity contribution is 5.82. The molecule has 0 aromatic heterocycles. The molecule has 7 heteroatoms. The number of rotatable bonds is 2. The van der Waals surface area contributed by atoms with Crippen LogP contribution in [-0.2, 0) is 23.8 Å². The van der Waals surface area contributed by atoms with Crippen molar-refractivity contribution in [3.8, 4) is 0 Å². The van der Waals surface area contributed by atoms with Gasteiger partial charge in [0.2, 0.25) is 0 Å². The molecule has 3 aliphatic rings. The molecule has 0 saturated carbocycles. The normalized spacial score (nSPS) is 32.7. The fraction of sp³-hybridized carbons (Fsp3) is 0.846. The van der Waals surface area contributed by atoms with Crippen molar-refractivity contribution in [1.82, 2.24) is 4.90 Å². The largest absolute Gasteiger partial charge is 0.479 e. The Morgan fingerprint density at radius 1 is 1.05 bits per heavy atom. The average Bonchev–Trinajstić information content (AvgIpc) is 3.08. The van der Waals surface area contributed by atoms with Crippen LogP contribution in [0.25, 0.3) is 0 Å². The number of carboxylic acids is 1. The van der Waals surface area contributed by atoms with E-state index in [2.05, 4.69) is 0 Å². The highest BCUT2D eigenvalue weighted by Gasteiger charge is 2.43. The van der Waals surface area contributed by atoms with Gasteiger partial charge in [-0.25, -0.2) is 4.79 Å². The third-order valence-electron chi connectivity index (χ3n) is 4.22. The van der Waals surface area contributed by atoms with Crippen molar-refractivity contribution in [1.29, 1.82) is 0 Å². The van der Waals surface area contributed by atoms with E-state index in [0.29, 0.717) is 52.0 Å². The number of likely N-dealkylation sites (tertiary alicyclic amines) is 1. The predicted molar refractivity (Wildman–Crippen MR) is 66.0 cm³/mol. The molecule has 0 bridgehead atoms. The SMILES string of the molecule is O=C(O)[C@H]1CC[C@@H](C(=O)N2CCC3(CC2)OCCO3)O1. The van der Waals surface area contributed by atoms with E-state index in [-0.39, 0.29) is 5.91 Å². The molecule has 1 amide bonds. The van der Waals surface area contributed by atoms with Crippen LogP contribution in [-0.4, -0.2) is 66.2 Å². The number of hydrogen-bond donors (Lipinski definition) is 1. The van der Waals surface area contributed by atoms with Crippen molar-refractivity contribution in [2.75, 3.05) is 26.3 Å². The number of hydrogen-bond acceptors (Lipinski definition) is 5. The number of carbonyl (C=O) groups is 2. The van der Waals surface area contributed by atoms with Gasteiger partial charge in [-0.2, -0.15) is 0 Å². The van der Waals surface area contributed by atoms with Gasteiger partial charge in [0.05, 0.1) is 13.2 Å². The van der Waals surface area contributed by atoms with Gasteiger partial charge in [-0.1, -0.05) is 0 Å². The molecule has 0 unspecified atom stereocenters. The Morgan fingerprint density at radius 3 is 2.20 bits per heavy atom. The van der Waals surface area contributed by atoms with Crippen LogP contribution in [0.15, 0.2) is 0 Å². The lowest BCUT2D eigenvalue weighted by Crippen LogP contribution is -2.50. The van der Waals surface area contributed by atoms with Crippen molar-refractivity contribution < 1.29 is 28.9 Å². The average molecular weight is 285 g/mol. The van der Waals surface area contributed by atoms with Gasteiger partial charge in [0.1, 0.15) is 6.10 Å². The highest BCUT2D eigenvalue weighted by Crippen LogP contribution is 2.32. The zero-order chi connectivity index (χ0) is 14.2. The van der Waals surface area contributed by atoms with E-state index < -0.39 is 24.0 Å². The van der Waals surface area contributed by atoms with Crippen LogP contribution >= 0.6 is 0 Å². The lowest BCUT2D eigenvalue weighted by atomic mass is 10.0. The van der Waals surface area contributed by atoms with Gasteiger partial charge < -0.3 is 24.2 Å². The van der Waals surface area contributed by atoms with Gasteiger partial charge in [-0.15, -0.1) is 0 Å². The van der Waals surface area contributed by atoms with Gasteiger partial charge in [0.15, 0.2) is 11.9 Å². The molecule has 1 N–H and O–H groups in total. The third kappa shape index (κ3) is 2.53.